The fraction of sp³-hybridized carbons (Fsp3) is 0.125. The molecule has 0 aliphatic carbocycles. The van der Waals surface area contributed by atoms with E-state index in [9.17, 15) is 0 Å². The predicted molar refractivity (Wildman–Crippen MR) is 47.8 cm³/mol. The molecule has 0 aliphatic rings. The van der Waals surface area contributed by atoms with Gasteiger partial charge in [0.05, 0.1) is 5.69 Å². The summed E-state index contributed by atoms with van der Waals surface area (Å²) in [6.45, 7) is 5.56. The Balaban J connectivity index is 3.17. The summed E-state index contributed by atoms with van der Waals surface area (Å²) in [6, 6.07) is 0. The Morgan fingerprint density at radius 1 is 1.64 bits per heavy atom. The van der Waals surface area contributed by atoms with Crippen LogP contribution in [0.4, 0.5) is 5.82 Å². The smallest absolute Gasteiger partial charge is 0.153 e. The number of nitrogens with zero attached hydrogens (tertiary/aromatic N) is 1. The summed E-state index contributed by atoms with van der Waals surface area (Å²) < 4.78 is 0. The van der Waals surface area contributed by atoms with Crippen molar-refractivity contribution in [2.45, 2.75) is 6.92 Å². The second-order valence-electron chi connectivity index (χ2n) is 2.14. The minimum absolute atomic E-state index is 0.512. The first-order chi connectivity index (χ1) is 5.29. The lowest BCUT2D eigenvalue weighted by Crippen LogP contribution is -1.86. The SMILES string of the molecule is C=Cc1[nH]nc(N)c1/C=C\C. The highest BCUT2D eigenvalue weighted by Gasteiger charge is 2.02. The van der Waals surface area contributed by atoms with Gasteiger partial charge >= 0.3 is 0 Å². The number of hydrogen-bond donors (Lipinski definition) is 2. The summed E-state index contributed by atoms with van der Waals surface area (Å²) in [5.74, 6) is 0.512. The summed E-state index contributed by atoms with van der Waals surface area (Å²) in [6.07, 6.45) is 5.50. The highest BCUT2D eigenvalue weighted by Crippen LogP contribution is 2.15. The number of nitrogens with two attached hydrogens (primary N) is 1. The molecule has 1 heterocycles. The van der Waals surface area contributed by atoms with Crippen molar-refractivity contribution in [1.29, 1.82) is 0 Å². The number of rotatable bonds is 2. The topological polar surface area (TPSA) is 54.7 Å². The summed E-state index contributed by atoms with van der Waals surface area (Å²) in [5, 5.41) is 6.60. The maximum atomic E-state index is 5.56. The number of allylic oxidation sites excluding steroid dienone is 1. The molecule has 0 atom stereocenters. The maximum absolute atomic E-state index is 5.56. The Kier molecular flexibility index (Phi) is 2.11. The van der Waals surface area contributed by atoms with Crippen molar-refractivity contribution in [3.8, 4) is 0 Å². The van der Waals surface area contributed by atoms with Crippen molar-refractivity contribution in [3.05, 3.63) is 23.9 Å². The first kappa shape index (κ1) is 7.60. The van der Waals surface area contributed by atoms with E-state index in [-0.39, 0.29) is 0 Å². The van der Waals surface area contributed by atoms with Gasteiger partial charge in [-0.25, -0.2) is 0 Å². The molecule has 0 aromatic carbocycles. The minimum atomic E-state index is 0.512. The maximum Gasteiger partial charge on any atom is 0.153 e. The van der Waals surface area contributed by atoms with Crippen molar-refractivity contribution < 1.29 is 0 Å². The molecule has 3 nitrogen and oxygen atoms in total. The van der Waals surface area contributed by atoms with Gasteiger partial charge in [0, 0.05) is 5.56 Å². The molecular formula is C8H11N3. The first-order valence-electron chi connectivity index (χ1n) is 3.38. The molecule has 0 amide bonds. The number of aromatic amines is 1. The van der Waals surface area contributed by atoms with Gasteiger partial charge < -0.3 is 5.73 Å². The van der Waals surface area contributed by atoms with Crippen LogP contribution in [0.3, 0.4) is 0 Å². The molecule has 0 fully saturated rings. The number of nitrogens with one attached hydrogen (secondary N) is 1. The van der Waals surface area contributed by atoms with E-state index in [2.05, 4.69) is 16.8 Å². The van der Waals surface area contributed by atoms with Crippen LogP contribution >= 0.6 is 0 Å². The van der Waals surface area contributed by atoms with Gasteiger partial charge in [0.25, 0.3) is 0 Å². The van der Waals surface area contributed by atoms with Crippen LogP contribution < -0.4 is 5.73 Å². The molecule has 0 radical (unpaired) electrons. The van der Waals surface area contributed by atoms with Crippen molar-refractivity contribution in [1.82, 2.24) is 10.2 Å². The van der Waals surface area contributed by atoms with Crippen LogP contribution in [0, 0.1) is 0 Å². The van der Waals surface area contributed by atoms with E-state index in [0.717, 1.165) is 11.3 Å². The lowest BCUT2D eigenvalue weighted by molar-refractivity contribution is 1.09. The van der Waals surface area contributed by atoms with Gasteiger partial charge in [0.2, 0.25) is 0 Å². The van der Waals surface area contributed by atoms with Crippen molar-refractivity contribution in [3.63, 3.8) is 0 Å². The summed E-state index contributed by atoms with van der Waals surface area (Å²) >= 11 is 0. The van der Waals surface area contributed by atoms with Crippen LogP contribution in [-0.4, -0.2) is 10.2 Å². The molecule has 3 heteroatoms. The molecule has 1 aromatic heterocycles. The standard InChI is InChI=1S/C8H11N3/c1-3-5-6-7(4-2)10-11-8(6)9/h3-5H,2H2,1H3,(H3,9,10,11)/b5-3-. The number of nitrogen functional groups attached to an aromatic ring is 1. The largest absolute Gasteiger partial charge is 0.382 e. The molecule has 3 N–H and O–H groups in total. The lowest BCUT2D eigenvalue weighted by atomic mass is 10.2. The van der Waals surface area contributed by atoms with E-state index in [0.29, 0.717) is 5.82 Å². The quantitative estimate of drug-likeness (QED) is 0.672. The van der Waals surface area contributed by atoms with Crippen molar-refractivity contribution in [2.75, 3.05) is 5.73 Å². The van der Waals surface area contributed by atoms with E-state index in [1.807, 2.05) is 19.1 Å². The Labute approximate surface area is 65.6 Å². The Morgan fingerprint density at radius 3 is 2.91 bits per heavy atom. The van der Waals surface area contributed by atoms with Gasteiger partial charge in [-0.05, 0) is 13.0 Å². The van der Waals surface area contributed by atoms with Crippen LogP contribution in [0.25, 0.3) is 12.2 Å². The zero-order valence-corrected chi connectivity index (χ0v) is 6.46. The molecule has 11 heavy (non-hydrogen) atoms. The van der Waals surface area contributed by atoms with Crippen molar-refractivity contribution >= 4 is 18.0 Å². The van der Waals surface area contributed by atoms with Gasteiger partial charge in [-0.15, -0.1) is 0 Å². The molecule has 0 aliphatic heterocycles. The fourth-order valence-electron chi connectivity index (χ4n) is 0.876. The van der Waals surface area contributed by atoms with Gasteiger partial charge in [-0.2, -0.15) is 5.10 Å². The molecule has 1 aromatic rings. The molecular weight excluding hydrogens is 138 g/mol. The van der Waals surface area contributed by atoms with Crippen LogP contribution in [-0.2, 0) is 0 Å². The third-order valence-electron chi connectivity index (χ3n) is 1.40. The number of anilines is 1. The zero-order chi connectivity index (χ0) is 8.27. The third kappa shape index (κ3) is 1.32. The van der Waals surface area contributed by atoms with Crippen LogP contribution in [0.2, 0.25) is 0 Å². The third-order valence-corrected chi connectivity index (χ3v) is 1.40. The Bertz CT molecular complexity index is 284. The minimum Gasteiger partial charge on any atom is -0.382 e. The number of H-pyrrole nitrogens is 1. The van der Waals surface area contributed by atoms with Crippen LogP contribution in [0.5, 0.6) is 0 Å². The fourth-order valence-corrected chi connectivity index (χ4v) is 0.876. The van der Waals surface area contributed by atoms with Gasteiger partial charge in [0.15, 0.2) is 5.82 Å². The Morgan fingerprint density at radius 2 is 2.36 bits per heavy atom. The molecule has 1 rings (SSSR count). The van der Waals surface area contributed by atoms with E-state index in [1.54, 1.807) is 6.08 Å². The summed E-state index contributed by atoms with van der Waals surface area (Å²) in [5.41, 5.74) is 7.33. The molecule has 0 spiro atoms. The van der Waals surface area contributed by atoms with Gasteiger partial charge in [0.1, 0.15) is 0 Å². The van der Waals surface area contributed by atoms with E-state index >= 15 is 0 Å². The van der Waals surface area contributed by atoms with Crippen LogP contribution in [0.1, 0.15) is 18.2 Å². The highest BCUT2D eigenvalue weighted by atomic mass is 15.2. The lowest BCUT2D eigenvalue weighted by Gasteiger charge is -1.89. The number of hydrogen-bond acceptors (Lipinski definition) is 2. The average Bonchev–Trinajstić information content (AvgIpc) is 2.34. The molecule has 0 unspecified atom stereocenters. The van der Waals surface area contributed by atoms with Gasteiger partial charge in [-0.1, -0.05) is 18.7 Å². The summed E-state index contributed by atoms with van der Waals surface area (Å²) in [4.78, 5) is 0. The summed E-state index contributed by atoms with van der Waals surface area (Å²) in [7, 11) is 0. The predicted octanol–water partition coefficient (Wildman–Crippen LogP) is 1.67. The monoisotopic (exact) mass is 149 g/mol. The first-order valence-corrected chi connectivity index (χ1v) is 3.38. The van der Waals surface area contributed by atoms with E-state index in [4.69, 9.17) is 5.73 Å². The van der Waals surface area contributed by atoms with Crippen molar-refractivity contribution in [2.24, 2.45) is 0 Å². The molecule has 0 bridgehead atoms. The molecule has 58 valence electrons. The number of aromatic nitrogens is 2. The second kappa shape index (κ2) is 3.05. The highest BCUT2D eigenvalue weighted by molar-refractivity contribution is 5.69. The van der Waals surface area contributed by atoms with E-state index in [1.165, 1.54) is 0 Å². The zero-order valence-electron chi connectivity index (χ0n) is 6.46. The molecule has 0 saturated heterocycles. The molecule has 0 saturated carbocycles. The van der Waals surface area contributed by atoms with Gasteiger partial charge in [-0.3, -0.25) is 5.10 Å². The van der Waals surface area contributed by atoms with E-state index < -0.39 is 0 Å². The van der Waals surface area contributed by atoms with Crippen LogP contribution in [0.15, 0.2) is 12.7 Å². The Hall–Kier alpha value is -1.51. The second-order valence-corrected chi connectivity index (χ2v) is 2.14. The average molecular weight is 149 g/mol. The normalized spacial score (nSPS) is 10.6.